The number of rotatable bonds is 8. The number of nitrogens with zero attached hydrogens (tertiary/aromatic N) is 4. The number of aromatic nitrogens is 2. The molecule has 152 valence electrons. The Balaban J connectivity index is 1.88. The zero-order valence-electron chi connectivity index (χ0n) is 16.5. The molecule has 0 spiro atoms. The normalized spacial score (nSPS) is 15.0. The smallest absolute Gasteiger partial charge is 0.293 e. The summed E-state index contributed by atoms with van der Waals surface area (Å²) in [6.45, 7) is 3.98. The third-order valence-corrected chi connectivity index (χ3v) is 5.79. The molecule has 1 aromatic carbocycles. The van der Waals surface area contributed by atoms with Gasteiger partial charge in [0, 0.05) is 39.0 Å². The van der Waals surface area contributed by atoms with Crippen LogP contribution in [0.1, 0.15) is 17.7 Å². The lowest BCUT2D eigenvalue weighted by Gasteiger charge is -2.33. The van der Waals surface area contributed by atoms with Crippen LogP contribution in [0.2, 0.25) is 0 Å². The predicted octanol–water partition coefficient (Wildman–Crippen LogP) is 1.63. The molecular formula is C20H28N4O3S. The van der Waals surface area contributed by atoms with Gasteiger partial charge in [-0.2, -0.15) is 0 Å². The maximum Gasteiger partial charge on any atom is 0.293 e. The first kappa shape index (κ1) is 20.7. The van der Waals surface area contributed by atoms with Crippen LogP contribution in [0.4, 0.5) is 5.82 Å². The number of hydrogen-bond acceptors (Lipinski definition) is 7. The fourth-order valence-corrected chi connectivity index (χ4v) is 3.82. The van der Waals surface area contributed by atoms with Crippen molar-refractivity contribution in [3.63, 3.8) is 0 Å². The topological polar surface area (TPSA) is 70.8 Å². The number of anilines is 1. The SMILES string of the molecule is COc1ccc(Cn2cc(CCCO)nc(N3CCN(SC)CC3)c2=O)cc1. The maximum atomic E-state index is 13.1. The molecule has 3 rings (SSSR count). The zero-order chi connectivity index (χ0) is 19.9. The highest BCUT2D eigenvalue weighted by Crippen LogP contribution is 2.16. The van der Waals surface area contributed by atoms with Crippen molar-refractivity contribution in [2.45, 2.75) is 19.4 Å². The van der Waals surface area contributed by atoms with Crippen LogP contribution in [0.25, 0.3) is 0 Å². The Morgan fingerprint density at radius 2 is 1.89 bits per heavy atom. The summed E-state index contributed by atoms with van der Waals surface area (Å²) in [5.41, 5.74) is 1.80. The number of aliphatic hydroxyl groups excluding tert-OH is 1. The van der Waals surface area contributed by atoms with E-state index in [1.165, 1.54) is 0 Å². The minimum atomic E-state index is -0.0684. The fraction of sp³-hybridized carbons (Fsp3) is 0.500. The van der Waals surface area contributed by atoms with Crippen LogP contribution in [-0.2, 0) is 13.0 Å². The Bertz CT molecular complexity index is 817. The molecule has 0 amide bonds. The molecule has 1 aliphatic heterocycles. The van der Waals surface area contributed by atoms with Gasteiger partial charge in [-0.05, 0) is 36.8 Å². The molecule has 0 atom stereocenters. The van der Waals surface area contributed by atoms with Crippen LogP contribution < -0.4 is 15.2 Å². The van der Waals surface area contributed by atoms with Gasteiger partial charge in [-0.25, -0.2) is 9.29 Å². The van der Waals surface area contributed by atoms with Crippen molar-refractivity contribution < 1.29 is 9.84 Å². The van der Waals surface area contributed by atoms with Gasteiger partial charge >= 0.3 is 0 Å². The van der Waals surface area contributed by atoms with Crippen molar-refractivity contribution in [1.29, 1.82) is 0 Å². The van der Waals surface area contributed by atoms with Crippen LogP contribution in [0.5, 0.6) is 5.75 Å². The largest absolute Gasteiger partial charge is 0.497 e. The predicted molar refractivity (Wildman–Crippen MR) is 113 cm³/mol. The molecule has 0 radical (unpaired) electrons. The van der Waals surface area contributed by atoms with E-state index in [9.17, 15) is 9.90 Å². The molecule has 28 heavy (non-hydrogen) atoms. The average molecular weight is 405 g/mol. The van der Waals surface area contributed by atoms with Crippen LogP contribution in [0.3, 0.4) is 0 Å². The molecule has 2 aromatic rings. The first-order valence-corrected chi connectivity index (χ1v) is 10.7. The number of aryl methyl sites for hydroxylation is 1. The Hall–Kier alpha value is -2.03. The van der Waals surface area contributed by atoms with Gasteiger partial charge in [0.15, 0.2) is 5.82 Å². The highest BCUT2D eigenvalue weighted by atomic mass is 32.2. The fourth-order valence-electron chi connectivity index (χ4n) is 3.29. The summed E-state index contributed by atoms with van der Waals surface area (Å²) in [7, 11) is 1.64. The molecule has 7 nitrogen and oxygen atoms in total. The summed E-state index contributed by atoms with van der Waals surface area (Å²) in [5, 5.41) is 9.18. The molecular weight excluding hydrogens is 376 g/mol. The molecule has 0 unspecified atom stereocenters. The summed E-state index contributed by atoms with van der Waals surface area (Å²) < 4.78 is 9.24. The third-order valence-electron chi connectivity index (χ3n) is 4.91. The van der Waals surface area contributed by atoms with E-state index in [1.54, 1.807) is 23.6 Å². The van der Waals surface area contributed by atoms with Crippen molar-refractivity contribution in [3.8, 4) is 5.75 Å². The van der Waals surface area contributed by atoms with Crippen LogP contribution in [-0.4, -0.2) is 65.1 Å². The van der Waals surface area contributed by atoms with E-state index in [0.717, 1.165) is 43.2 Å². The van der Waals surface area contributed by atoms with Gasteiger partial charge < -0.3 is 19.3 Å². The van der Waals surface area contributed by atoms with Gasteiger partial charge in [-0.3, -0.25) is 4.79 Å². The minimum absolute atomic E-state index is 0.0684. The number of ether oxygens (including phenoxy) is 1. The highest BCUT2D eigenvalue weighted by Gasteiger charge is 2.21. The second-order valence-corrected chi connectivity index (χ2v) is 7.64. The number of hydrogen-bond donors (Lipinski definition) is 1. The van der Waals surface area contributed by atoms with Crippen LogP contribution in [0, 0.1) is 0 Å². The summed E-state index contributed by atoms with van der Waals surface area (Å²) in [5.74, 6) is 1.31. The quantitative estimate of drug-likeness (QED) is 0.671. The summed E-state index contributed by atoms with van der Waals surface area (Å²) in [6.07, 6.45) is 5.18. The monoisotopic (exact) mass is 404 g/mol. The number of piperazine rings is 1. The second kappa shape index (κ2) is 9.95. The zero-order valence-corrected chi connectivity index (χ0v) is 17.3. The van der Waals surface area contributed by atoms with Crippen molar-refractivity contribution in [1.82, 2.24) is 13.9 Å². The van der Waals surface area contributed by atoms with Crippen molar-refractivity contribution in [2.24, 2.45) is 0 Å². The van der Waals surface area contributed by atoms with E-state index in [0.29, 0.717) is 25.2 Å². The molecule has 0 bridgehead atoms. The lowest BCUT2D eigenvalue weighted by molar-refractivity contribution is 0.288. The number of aliphatic hydroxyl groups is 1. The first-order valence-electron chi connectivity index (χ1n) is 9.52. The number of methoxy groups -OCH3 is 1. The molecule has 0 aliphatic carbocycles. The summed E-state index contributed by atoms with van der Waals surface area (Å²) >= 11 is 1.73. The van der Waals surface area contributed by atoms with Gasteiger partial charge in [0.1, 0.15) is 5.75 Å². The second-order valence-electron chi connectivity index (χ2n) is 6.76. The molecule has 0 saturated carbocycles. The van der Waals surface area contributed by atoms with Crippen LogP contribution in [0.15, 0.2) is 35.3 Å². The van der Waals surface area contributed by atoms with E-state index < -0.39 is 0 Å². The lowest BCUT2D eigenvalue weighted by atomic mass is 10.2. The molecule has 1 N–H and O–H groups in total. The van der Waals surface area contributed by atoms with E-state index in [4.69, 9.17) is 4.74 Å². The van der Waals surface area contributed by atoms with E-state index >= 15 is 0 Å². The van der Waals surface area contributed by atoms with Gasteiger partial charge in [0.25, 0.3) is 5.56 Å². The first-order chi connectivity index (χ1) is 13.6. The molecule has 8 heteroatoms. The van der Waals surface area contributed by atoms with Gasteiger partial charge in [0.2, 0.25) is 0 Å². The Labute approximate surface area is 170 Å². The van der Waals surface area contributed by atoms with Gasteiger partial charge in [-0.15, -0.1) is 0 Å². The maximum absolute atomic E-state index is 13.1. The van der Waals surface area contributed by atoms with Gasteiger partial charge in [-0.1, -0.05) is 24.1 Å². The summed E-state index contributed by atoms with van der Waals surface area (Å²) in [4.78, 5) is 19.9. The Morgan fingerprint density at radius 3 is 2.50 bits per heavy atom. The Morgan fingerprint density at radius 1 is 1.18 bits per heavy atom. The highest BCUT2D eigenvalue weighted by molar-refractivity contribution is 7.96. The van der Waals surface area contributed by atoms with E-state index in [1.807, 2.05) is 30.5 Å². The third kappa shape index (κ3) is 5.06. The minimum Gasteiger partial charge on any atom is -0.497 e. The molecule has 1 aliphatic rings. The van der Waals surface area contributed by atoms with E-state index in [2.05, 4.69) is 20.4 Å². The Kier molecular flexibility index (Phi) is 7.36. The van der Waals surface area contributed by atoms with Crippen molar-refractivity contribution in [2.75, 3.05) is 51.1 Å². The molecule has 1 saturated heterocycles. The standard InChI is InChI=1S/C20H28N4O3S/c1-27-18-7-5-16(6-8-18)14-23-15-17(4-3-13-25)21-19(20(23)26)22-9-11-24(28-2)12-10-22/h5-8,15,25H,3-4,9-14H2,1-2H3. The molecule has 1 fully saturated rings. The lowest BCUT2D eigenvalue weighted by Crippen LogP contribution is -2.46. The van der Waals surface area contributed by atoms with E-state index in [-0.39, 0.29) is 12.2 Å². The number of benzene rings is 1. The van der Waals surface area contributed by atoms with Crippen LogP contribution >= 0.6 is 11.9 Å². The van der Waals surface area contributed by atoms with Crippen molar-refractivity contribution in [3.05, 3.63) is 52.1 Å². The van der Waals surface area contributed by atoms with Gasteiger partial charge in [0.05, 0.1) is 19.3 Å². The van der Waals surface area contributed by atoms with Crippen molar-refractivity contribution >= 4 is 17.8 Å². The average Bonchev–Trinajstić information content (AvgIpc) is 2.74. The molecule has 1 aromatic heterocycles. The molecule has 2 heterocycles. The summed E-state index contributed by atoms with van der Waals surface area (Å²) in [6, 6.07) is 7.74.